The molecule has 138 valence electrons. The van der Waals surface area contributed by atoms with Gasteiger partial charge in [0.25, 0.3) is 5.91 Å². The number of amides is 1. The van der Waals surface area contributed by atoms with E-state index in [9.17, 15) is 14.3 Å². The number of β-amino-alcohol motifs (C(OH)–C–C–N with tert-alkyl or cyclic N) is 1. The number of aliphatic hydroxyl groups is 1. The molecule has 26 heavy (non-hydrogen) atoms. The highest BCUT2D eigenvalue weighted by Gasteiger charge is 2.46. The van der Waals surface area contributed by atoms with Crippen molar-refractivity contribution in [2.75, 3.05) is 16.3 Å². The van der Waals surface area contributed by atoms with Gasteiger partial charge in [-0.3, -0.25) is 4.79 Å². The molecule has 1 saturated heterocycles. The van der Waals surface area contributed by atoms with E-state index in [1.54, 1.807) is 35.8 Å². The predicted octanol–water partition coefficient (Wildman–Crippen LogP) is 3.90. The number of carbonyl (C=O) groups is 1. The van der Waals surface area contributed by atoms with E-state index in [1.807, 2.05) is 24.3 Å². The van der Waals surface area contributed by atoms with Crippen LogP contribution in [0.15, 0.2) is 48.5 Å². The molecular formula is C21H25FN2O2. The highest BCUT2D eigenvalue weighted by molar-refractivity contribution is 6.03. The van der Waals surface area contributed by atoms with Crippen LogP contribution in [0.5, 0.6) is 0 Å². The van der Waals surface area contributed by atoms with E-state index in [0.717, 1.165) is 11.3 Å². The molecule has 1 atom stereocenters. The second kappa shape index (κ2) is 6.72. The number of nitrogens with zero attached hydrogens (tertiary/aromatic N) is 2. The van der Waals surface area contributed by atoms with E-state index >= 15 is 0 Å². The summed E-state index contributed by atoms with van der Waals surface area (Å²) in [5.74, 6) is -0.104. The van der Waals surface area contributed by atoms with Gasteiger partial charge in [0.15, 0.2) is 0 Å². The van der Waals surface area contributed by atoms with Crippen molar-refractivity contribution in [3.8, 4) is 0 Å². The van der Waals surface area contributed by atoms with E-state index in [-0.39, 0.29) is 18.3 Å². The Balaban J connectivity index is 1.96. The average molecular weight is 356 g/mol. The molecule has 1 N–H and O–H groups in total. The molecule has 0 bridgehead atoms. The van der Waals surface area contributed by atoms with Gasteiger partial charge in [-0.05, 0) is 61.7 Å². The maximum absolute atomic E-state index is 13.3. The van der Waals surface area contributed by atoms with Gasteiger partial charge in [-0.25, -0.2) is 4.39 Å². The van der Waals surface area contributed by atoms with Gasteiger partial charge in [0, 0.05) is 11.4 Å². The van der Waals surface area contributed by atoms with Crippen LogP contribution in [0.1, 0.15) is 39.2 Å². The molecule has 1 aliphatic rings. The lowest BCUT2D eigenvalue weighted by atomic mass is 9.94. The molecule has 1 unspecified atom stereocenters. The van der Waals surface area contributed by atoms with Gasteiger partial charge in [-0.2, -0.15) is 0 Å². The third-order valence-electron chi connectivity index (χ3n) is 4.97. The maximum Gasteiger partial charge on any atom is 0.252 e. The van der Waals surface area contributed by atoms with Crippen molar-refractivity contribution in [3.63, 3.8) is 0 Å². The van der Waals surface area contributed by atoms with Gasteiger partial charge in [0.1, 0.15) is 17.6 Å². The van der Waals surface area contributed by atoms with Gasteiger partial charge in [0.2, 0.25) is 0 Å². The molecule has 1 heterocycles. The summed E-state index contributed by atoms with van der Waals surface area (Å²) in [6, 6.07) is 13.7. The van der Waals surface area contributed by atoms with E-state index < -0.39 is 11.8 Å². The second-order valence-electron chi connectivity index (χ2n) is 7.55. The lowest BCUT2D eigenvalue weighted by Gasteiger charge is -2.50. The molecule has 1 aliphatic heterocycles. The highest BCUT2D eigenvalue weighted by atomic mass is 19.1. The summed E-state index contributed by atoms with van der Waals surface area (Å²) in [6.07, 6.45) is -0.893. The lowest BCUT2D eigenvalue weighted by Crippen LogP contribution is -2.68. The molecule has 2 aromatic carbocycles. The summed E-state index contributed by atoms with van der Waals surface area (Å²) in [6.45, 7) is 7.92. The van der Waals surface area contributed by atoms with E-state index in [1.165, 1.54) is 12.1 Å². The third kappa shape index (κ3) is 3.19. The summed E-state index contributed by atoms with van der Waals surface area (Å²) in [4.78, 5) is 16.5. The Hall–Kier alpha value is -2.40. The Morgan fingerprint density at radius 3 is 2.38 bits per heavy atom. The van der Waals surface area contributed by atoms with E-state index in [4.69, 9.17) is 0 Å². The minimum absolute atomic E-state index is 0.104. The number of hydrogen-bond donors (Lipinski definition) is 1. The largest absolute Gasteiger partial charge is 0.372 e. The number of benzene rings is 2. The minimum atomic E-state index is -0.969. The summed E-state index contributed by atoms with van der Waals surface area (Å²) < 4.78 is 13.3. The van der Waals surface area contributed by atoms with Gasteiger partial charge in [-0.15, -0.1) is 0 Å². The normalized spacial score (nSPS) is 20.0. The van der Waals surface area contributed by atoms with Crippen LogP contribution in [0.25, 0.3) is 0 Å². The molecule has 0 aromatic heterocycles. The number of carbonyl (C=O) groups excluding carboxylic acids is 1. The SMILES string of the molecule is CC(C)c1cccc(N2CC(O)N(c3ccc(F)cc3)C(C)(C)C2=O)c1. The van der Waals surface area contributed by atoms with Crippen molar-refractivity contribution in [2.45, 2.75) is 45.4 Å². The summed E-state index contributed by atoms with van der Waals surface area (Å²) in [7, 11) is 0. The molecule has 3 rings (SSSR count). The minimum Gasteiger partial charge on any atom is -0.372 e. The molecular weight excluding hydrogens is 331 g/mol. The summed E-state index contributed by atoms with van der Waals surface area (Å²) in [5.41, 5.74) is 1.58. The first-order chi connectivity index (χ1) is 12.2. The highest BCUT2D eigenvalue weighted by Crippen LogP contribution is 2.34. The summed E-state index contributed by atoms with van der Waals surface area (Å²) >= 11 is 0. The smallest absolute Gasteiger partial charge is 0.252 e. The fourth-order valence-corrected chi connectivity index (χ4v) is 3.50. The lowest BCUT2D eigenvalue weighted by molar-refractivity contribution is -0.125. The Labute approximate surface area is 153 Å². The standard InChI is InChI=1S/C21H25FN2O2/c1-14(2)15-6-5-7-18(12-15)23-13-19(25)24(21(3,4)20(23)26)17-10-8-16(22)9-11-17/h5-12,14,19,25H,13H2,1-4H3. The number of piperazine rings is 1. The number of aliphatic hydroxyl groups excluding tert-OH is 1. The molecule has 0 spiro atoms. The van der Waals surface area contributed by atoms with Crippen molar-refractivity contribution < 1.29 is 14.3 Å². The number of halogens is 1. The topological polar surface area (TPSA) is 43.8 Å². The molecule has 0 radical (unpaired) electrons. The molecule has 1 amide bonds. The zero-order valence-corrected chi connectivity index (χ0v) is 15.6. The first-order valence-corrected chi connectivity index (χ1v) is 8.86. The quantitative estimate of drug-likeness (QED) is 0.907. The maximum atomic E-state index is 13.3. The van der Waals surface area contributed by atoms with Gasteiger partial charge >= 0.3 is 0 Å². The van der Waals surface area contributed by atoms with Crippen molar-refractivity contribution in [3.05, 3.63) is 59.9 Å². The number of anilines is 2. The van der Waals surface area contributed by atoms with Crippen LogP contribution < -0.4 is 9.80 Å². The fourth-order valence-electron chi connectivity index (χ4n) is 3.50. The van der Waals surface area contributed by atoms with Crippen LogP contribution in [-0.2, 0) is 4.79 Å². The van der Waals surface area contributed by atoms with Crippen molar-refractivity contribution >= 4 is 17.3 Å². The van der Waals surface area contributed by atoms with E-state index in [2.05, 4.69) is 13.8 Å². The van der Waals surface area contributed by atoms with Crippen molar-refractivity contribution in [1.82, 2.24) is 0 Å². The molecule has 2 aromatic rings. The van der Waals surface area contributed by atoms with Gasteiger partial charge < -0.3 is 14.9 Å². The van der Waals surface area contributed by atoms with Crippen LogP contribution in [0.2, 0.25) is 0 Å². The molecule has 0 aliphatic carbocycles. The number of hydrogen-bond acceptors (Lipinski definition) is 3. The zero-order chi connectivity index (χ0) is 19.1. The molecule has 1 fully saturated rings. The second-order valence-corrected chi connectivity index (χ2v) is 7.55. The Morgan fingerprint density at radius 1 is 1.12 bits per heavy atom. The first kappa shape index (κ1) is 18.4. The van der Waals surface area contributed by atoms with Gasteiger partial charge in [0.05, 0.1) is 6.54 Å². The van der Waals surface area contributed by atoms with E-state index in [0.29, 0.717) is 11.6 Å². The van der Waals surface area contributed by atoms with Crippen molar-refractivity contribution in [2.24, 2.45) is 0 Å². The van der Waals surface area contributed by atoms with Crippen LogP contribution in [-0.4, -0.2) is 29.3 Å². The monoisotopic (exact) mass is 356 g/mol. The Kier molecular flexibility index (Phi) is 4.76. The average Bonchev–Trinajstić information content (AvgIpc) is 2.60. The van der Waals surface area contributed by atoms with Gasteiger partial charge in [-0.1, -0.05) is 26.0 Å². The third-order valence-corrected chi connectivity index (χ3v) is 4.97. The molecule has 5 heteroatoms. The Morgan fingerprint density at radius 2 is 1.77 bits per heavy atom. The summed E-state index contributed by atoms with van der Waals surface area (Å²) in [5, 5.41) is 10.8. The molecule has 0 saturated carbocycles. The molecule has 4 nitrogen and oxygen atoms in total. The fraction of sp³-hybridized carbons (Fsp3) is 0.381. The predicted molar refractivity (Wildman–Crippen MR) is 102 cm³/mol. The van der Waals surface area contributed by atoms with Crippen LogP contribution >= 0.6 is 0 Å². The van der Waals surface area contributed by atoms with Crippen molar-refractivity contribution in [1.29, 1.82) is 0 Å². The Bertz CT molecular complexity index is 802. The number of rotatable bonds is 3. The van der Waals surface area contributed by atoms with Crippen LogP contribution in [0.3, 0.4) is 0 Å². The first-order valence-electron chi connectivity index (χ1n) is 8.86. The zero-order valence-electron chi connectivity index (χ0n) is 15.6. The van der Waals surface area contributed by atoms with Crippen LogP contribution in [0.4, 0.5) is 15.8 Å². The van der Waals surface area contributed by atoms with Crippen LogP contribution in [0, 0.1) is 5.82 Å².